The first kappa shape index (κ1) is 13.9. The fourth-order valence-electron chi connectivity index (χ4n) is 0.717. The van der Waals surface area contributed by atoms with Gasteiger partial charge in [0.25, 0.3) is 6.43 Å². The van der Waals surface area contributed by atoms with E-state index in [1.165, 1.54) is 7.05 Å². The second-order valence-electron chi connectivity index (χ2n) is 2.64. The number of guanidine groups is 1. The van der Waals surface area contributed by atoms with E-state index in [0.29, 0.717) is 0 Å². The van der Waals surface area contributed by atoms with Gasteiger partial charge in [-0.05, 0) is 0 Å². The molecule has 0 aliphatic carbocycles. The van der Waals surface area contributed by atoms with Gasteiger partial charge in [-0.1, -0.05) is 0 Å². The van der Waals surface area contributed by atoms with Gasteiger partial charge in [0.05, 0.1) is 13.0 Å². The van der Waals surface area contributed by atoms with Crippen LogP contribution in [-0.2, 0) is 0 Å². The van der Waals surface area contributed by atoms with E-state index >= 15 is 0 Å². The minimum atomic E-state index is -4.27. The lowest BCUT2D eigenvalue weighted by Gasteiger charge is -2.12. The van der Waals surface area contributed by atoms with Crippen LogP contribution in [0.15, 0.2) is 4.99 Å². The summed E-state index contributed by atoms with van der Waals surface area (Å²) in [6.07, 6.45) is -7.89. The van der Waals surface area contributed by atoms with E-state index in [1.807, 2.05) is 0 Å². The van der Waals surface area contributed by atoms with Crippen LogP contribution in [0.1, 0.15) is 6.42 Å². The summed E-state index contributed by atoms with van der Waals surface area (Å²) in [5, 5.41) is 4.44. The number of hydrogen-bond acceptors (Lipinski definition) is 1. The molecule has 15 heavy (non-hydrogen) atoms. The van der Waals surface area contributed by atoms with E-state index in [0.717, 1.165) is 0 Å². The van der Waals surface area contributed by atoms with Gasteiger partial charge >= 0.3 is 6.18 Å². The van der Waals surface area contributed by atoms with Gasteiger partial charge in [-0.3, -0.25) is 4.99 Å². The van der Waals surface area contributed by atoms with Gasteiger partial charge in [-0.15, -0.1) is 0 Å². The van der Waals surface area contributed by atoms with E-state index in [9.17, 15) is 22.0 Å². The van der Waals surface area contributed by atoms with Gasteiger partial charge in [0.15, 0.2) is 5.96 Å². The third-order valence-electron chi connectivity index (χ3n) is 1.35. The normalized spacial score (nSPS) is 13.1. The van der Waals surface area contributed by atoms with Gasteiger partial charge < -0.3 is 10.6 Å². The van der Waals surface area contributed by atoms with Crippen molar-refractivity contribution in [3.63, 3.8) is 0 Å². The maximum absolute atomic E-state index is 11.7. The molecule has 0 bridgehead atoms. The van der Waals surface area contributed by atoms with Crippen LogP contribution in [-0.4, -0.2) is 38.7 Å². The molecule has 0 rings (SSSR count). The van der Waals surface area contributed by atoms with Crippen molar-refractivity contribution in [3.05, 3.63) is 0 Å². The molecule has 0 atom stereocenters. The van der Waals surface area contributed by atoms with E-state index in [1.54, 1.807) is 0 Å². The first-order chi connectivity index (χ1) is 6.85. The van der Waals surface area contributed by atoms with Gasteiger partial charge in [-0.25, -0.2) is 8.78 Å². The van der Waals surface area contributed by atoms with Crippen LogP contribution in [0.4, 0.5) is 22.0 Å². The highest BCUT2D eigenvalue weighted by Crippen LogP contribution is 2.17. The quantitative estimate of drug-likeness (QED) is 0.437. The van der Waals surface area contributed by atoms with Gasteiger partial charge in [0, 0.05) is 13.6 Å². The Morgan fingerprint density at radius 3 is 2.27 bits per heavy atom. The molecule has 0 aliphatic rings. The molecule has 0 heterocycles. The standard InChI is InChI=1S/C7H12F5N3/c1-13-6(15-4-5(8)9)14-3-2-7(10,11)12/h5H,2-4H2,1H3,(H2,13,14,15). The second-order valence-corrected chi connectivity index (χ2v) is 2.64. The summed E-state index contributed by atoms with van der Waals surface area (Å²) in [6.45, 7) is -1.04. The number of halogens is 5. The van der Waals surface area contributed by atoms with Crippen molar-refractivity contribution in [2.45, 2.75) is 19.0 Å². The first-order valence-electron chi connectivity index (χ1n) is 4.14. The number of aliphatic imine (C=N–C) groups is 1. The summed E-state index contributed by atoms with van der Waals surface area (Å²) in [4.78, 5) is 3.47. The Kier molecular flexibility index (Phi) is 5.95. The molecule has 0 radical (unpaired) electrons. The lowest BCUT2D eigenvalue weighted by molar-refractivity contribution is -0.132. The zero-order valence-electron chi connectivity index (χ0n) is 8.04. The highest BCUT2D eigenvalue weighted by atomic mass is 19.4. The molecule has 0 saturated carbocycles. The van der Waals surface area contributed by atoms with Crippen molar-refractivity contribution >= 4 is 5.96 Å². The predicted molar refractivity (Wildman–Crippen MR) is 46.0 cm³/mol. The molecule has 0 spiro atoms. The molecule has 0 aromatic carbocycles. The fraction of sp³-hybridized carbons (Fsp3) is 0.857. The SMILES string of the molecule is CN=C(NCCC(F)(F)F)NCC(F)F. The highest BCUT2D eigenvalue weighted by Gasteiger charge is 2.26. The minimum Gasteiger partial charge on any atom is -0.356 e. The van der Waals surface area contributed by atoms with E-state index in [2.05, 4.69) is 15.6 Å². The van der Waals surface area contributed by atoms with Crippen molar-refractivity contribution < 1.29 is 22.0 Å². The number of alkyl halides is 5. The first-order valence-corrected chi connectivity index (χ1v) is 4.14. The average molecular weight is 233 g/mol. The maximum atomic E-state index is 11.7. The van der Waals surface area contributed by atoms with Crippen LogP contribution in [0, 0.1) is 0 Å². The Balaban J connectivity index is 3.73. The predicted octanol–water partition coefficient (Wildman–Crippen LogP) is 1.37. The summed E-state index contributed by atoms with van der Waals surface area (Å²) in [5.74, 6) is -0.0699. The zero-order chi connectivity index (χ0) is 11.9. The van der Waals surface area contributed by atoms with Crippen LogP contribution >= 0.6 is 0 Å². The number of rotatable bonds is 4. The van der Waals surface area contributed by atoms with Crippen LogP contribution in [0.2, 0.25) is 0 Å². The molecular formula is C7H12F5N3. The monoisotopic (exact) mass is 233 g/mol. The molecule has 0 aromatic rings. The molecule has 0 amide bonds. The molecule has 0 unspecified atom stereocenters. The van der Waals surface area contributed by atoms with E-state index in [4.69, 9.17) is 0 Å². The smallest absolute Gasteiger partial charge is 0.356 e. The Bertz CT molecular complexity index is 201. The maximum Gasteiger partial charge on any atom is 0.390 e. The molecule has 0 aliphatic heterocycles. The molecule has 3 nitrogen and oxygen atoms in total. The summed E-state index contributed by atoms with van der Waals surface area (Å²) < 4.78 is 58.5. The Labute approximate surface area is 83.8 Å². The molecule has 90 valence electrons. The van der Waals surface area contributed by atoms with Crippen LogP contribution in [0.25, 0.3) is 0 Å². The third-order valence-corrected chi connectivity index (χ3v) is 1.35. The van der Waals surface area contributed by atoms with Crippen molar-refractivity contribution in [2.24, 2.45) is 4.99 Å². The molecular weight excluding hydrogens is 221 g/mol. The minimum absolute atomic E-state index is 0.0699. The molecule has 2 N–H and O–H groups in total. The van der Waals surface area contributed by atoms with Crippen LogP contribution < -0.4 is 10.6 Å². The summed E-state index contributed by atoms with van der Waals surface area (Å²) >= 11 is 0. The average Bonchev–Trinajstić information content (AvgIpc) is 2.08. The summed E-state index contributed by atoms with van der Waals surface area (Å²) in [7, 11) is 1.29. The highest BCUT2D eigenvalue weighted by molar-refractivity contribution is 5.79. The topological polar surface area (TPSA) is 36.4 Å². The van der Waals surface area contributed by atoms with E-state index < -0.39 is 32.1 Å². The van der Waals surface area contributed by atoms with Gasteiger partial charge in [-0.2, -0.15) is 13.2 Å². The van der Waals surface area contributed by atoms with Crippen molar-refractivity contribution in [1.82, 2.24) is 10.6 Å². The lowest BCUT2D eigenvalue weighted by atomic mass is 10.4. The number of nitrogens with one attached hydrogen (secondary N) is 2. The summed E-state index contributed by atoms with van der Waals surface area (Å²) in [5.41, 5.74) is 0. The lowest BCUT2D eigenvalue weighted by Crippen LogP contribution is -2.40. The third kappa shape index (κ3) is 9.23. The largest absolute Gasteiger partial charge is 0.390 e. The Hall–Kier alpha value is -1.08. The van der Waals surface area contributed by atoms with Crippen molar-refractivity contribution in [3.8, 4) is 0 Å². The second kappa shape index (κ2) is 6.41. The van der Waals surface area contributed by atoms with Crippen LogP contribution in [0.5, 0.6) is 0 Å². The van der Waals surface area contributed by atoms with Gasteiger partial charge in [0.2, 0.25) is 0 Å². The molecule has 8 heteroatoms. The Morgan fingerprint density at radius 2 is 1.87 bits per heavy atom. The fourth-order valence-corrected chi connectivity index (χ4v) is 0.717. The van der Waals surface area contributed by atoms with E-state index in [-0.39, 0.29) is 5.96 Å². The zero-order valence-corrected chi connectivity index (χ0v) is 8.04. The number of nitrogens with zero attached hydrogens (tertiary/aromatic N) is 1. The van der Waals surface area contributed by atoms with Gasteiger partial charge in [0.1, 0.15) is 0 Å². The van der Waals surface area contributed by atoms with Crippen molar-refractivity contribution in [1.29, 1.82) is 0 Å². The molecule has 0 fully saturated rings. The molecule has 0 aromatic heterocycles. The molecule has 0 saturated heterocycles. The Morgan fingerprint density at radius 1 is 1.27 bits per heavy atom. The van der Waals surface area contributed by atoms with Crippen LogP contribution in [0.3, 0.4) is 0 Å². The summed E-state index contributed by atoms with van der Waals surface area (Å²) in [6, 6.07) is 0. The number of hydrogen-bond donors (Lipinski definition) is 2. The van der Waals surface area contributed by atoms with Crippen molar-refractivity contribution in [2.75, 3.05) is 20.1 Å².